The maximum Gasteiger partial charge on any atom is 0.420 e. The van der Waals surface area contributed by atoms with Gasteiger partial charge < -0.3 is 4.74 Å². The summed E-state index contributed by atoms with van der Waals surface area (Å²) in [6.07, 6.45) is -3.44. The summed E-state index contributed by atoms with van der Waals surface area (Å²) in [7, 11) is 0. The zero-order valence-corrected chi connectivity index (χ0v) is 13.6. The van der Waals surface area contributed by atoms with Crippen LogP contribution in [0.3, 0.4) is 0 Å². The second-order valence-corrected chi connectivity index (χ2v) is 4.73. The second-order valence-electron chi connectivity index (χ2n) is 4.73. The Morgan fingerprint density at radius 1 is 1.35 bits per heavy atom. The summed E-state index contributed by atoms with van der Waals surface area (Å²) in [5.74, 6) is -0.336. The van der Waals surface area contributed by atoms with E-state index in [1.54, 1.807) is 18.2 Å². The Bertz CT molecular complexity index is 809. The fourth-order valence-corrected chi connectivity index (χ4v) is 1.90. The van der Waals surface area contributed by atoms with E-state index in [0.717, 1.165) is 6.20 Å². The molecule has 0 saturated heterocycles. The quantitative estimate of drug-likeness (QED) is 0.638. The normalized spacial score (nSPS) is 11.2. The number of anilines is 2. The van der Waals surface area contributed by atoms with E-state index in [-0.39, 0.29) is 11.4 Å². The third-order valence-corrected chi connectivity index (χ3v) is 2.92. The van der Waals surface area contributed by atoms with E-state index in [0.29, 0.717) is 11.2 Å². The van der Waals surface area contributed by atoms with Gasteiger partial charge in [-0.15, -0.1) is 5.12 Å². The highest BCUT2D eigenvalue weighted by Crippen LogP contribution is 2.37. The van der Waals surface area contributed by atoms with Gasteiger partial charge in [-0.05, 0) is 25.1 Å². The van der Waals surface area contributed by atoms with E-state index in [9.17, 15) is 18.0 Å². The number of nitrogens with zero attached hydrogens (tertiary/aromatic N) is 4. The highest BCUT2D eigenvalue weighted by Gasteiger charge is 2.36. The first kappa shape index (κ1) is 18.9. The smallest absolute Gasteiger partial charge is 0.410 e. The number of amides is 1. The fraction of sp³-hybridized carbons (Fsp3) is 0.125. The molecule has 0 aliphatic rings. The molecule has 7 nitrogen and oxygen atoms in total. The van der Waals surface area contributed by atoms with Gasteiger partial charge in [-0.1, -0.05) is 18.2 Å². The van der Waals surface area contributed by atoms with Crippen molar-refractivity contribution in [3.05, 3.63) is 48.2 Å². The van der Waals surface area contributed by atoms with Crippen molar-refractivity contribution in [2.75, 3.05) is 10.4 Å². The van der Waals surface area contributed by atoms with Gasteiger partial charge in [0.05, 0.1) is 11.9 Å². The van der Waals surface area contributed by atoms with Crippen LogP contribution in [0.4, 0.5) is 29.5 Å². The molecule has 1 N–H and O–H groups in total. The first-order valence-corrected chi connectivity index (χ1v) is 7.21. The van der Waals surface area contributed by atoms with Crippen LogP contribution >= 0.6 is 0 Å². The standard InChI is InChI=1S/C16H14F3N5O2/c1-3-22-24(20-2)14-13(16(17,18)19)9-11(10-21-14)23-15(25)26-12-7-5-4-6-8-12/h3-10H,2H2,1H3,(H,23,25)/b22-3-. The Hall–Kier alpha value is -3.43. The Kier molecular flexibility index (Phi) is 5.89. The Labute approximate surface area is 146 Å². The number of ether oxygens (including phenoxy) is 1. The van der Waals surface area contributed by atoms with E-state index in [4.69, 9.17) is 4.74 Å². The first-order chi connectivity index (χ1) is 12.3. The van der Waals surface area contributed by atoms with Gasteiger partial charge in [0, 0.05) is 12.9 Å². The van der Waals surface area contributed by atoms with Crippen molar-refractivity contribution >= 4 is 30.5 Å². The number of alkyl halides is 3. The van der Waals surface area contributed by atoms with Crippen LogP contribution in [-0.2, 0) is 6.18 Å². The van der Waals surface area contributed by atoms with Gasteiger partial charge in [-0.2, -0.15) is 23.4 Å². The summed E-state index contributed by atoms with van der Waals surface area (Å²) in [6.45, 7) is 4.66. The third kappa shape index (κ3) is 4.79. The van der Waals surface area contributed by atoms with Crippen LogP contribution in [0.25, 0.3) is 0 Å². The van der Waals surface area contributed by atoms with Crippen molar-refractivity contribution in [2.45, 2.75) is 13.1 Å². The Balaban J connectivity index is 2.28. The highest BCUT2D eigenvalue weighted by atomic mass is 19.4. The number of para-hydroxylation sites is 1. The number of nitrogens with one attached hydrogen (secondary N) is 1. The van der Waals surface area contributed by atoms with Crippen molar-refractivity contribution in [3.63, 3.8) is 0 Å². The van der Waals surface area contributed by atoms with Crippen molar-refractivity contribution < 1.29 is 22.7 Å². The molecule has 1 heterocycles. The van der Waals surface area contributed by atoms with Gasteiger partial charge in [-0.25, -0.2) is 9.78 Å². The zero-order valence-electron chi connectivity index (χ0n) is 13.6. The molecule has 0 fully saturated rings. The van der Waals surface area contributed by atoms with Gasteiger partial charge >= 0.3 is 12.3 Å². The van der Waals surface area contributed by atoms with Crippen LogP contribution in [0.5, 0.6) is 5.75 Å². The maximum absolute atomic E-state index is 13.3. The second kappa shape index (κ2) is 8.10. The summed E-state index contributed by atoms with van der Waals surface area (Å²) in [5, 5.41) is 9.84. The van der Waals surface area contributed by atoms with Gasteiger partial charge in [0.2, 0.25) is 0 Å². The molecule has 10 heteroatoms. The largest absolute Gasteiger partial charge is 0.420 e. The van der Waals surface area contributed by atoms with Crippen LogP contribution in [0.2, 0.25) is 0 Å². The molecular weight excluding hydrogens is 351 g/mol. The molecule has 2 rings (SSSR count). The van der Waals surface area contributed by atoms with Crippen molar-refractivity contribution in [1.82, 2.24) is 4.98 Å². The van der Waals surface area contributed by atoms with Crippen molar-refractivity contribution in [2.24, 2.45) is 10.2 Å². The predicted molar refractivity (Wildman–Crippen MR) is 91.5 cm³/mol. The lowest BCUT2D eigenvalue weighted by molar-refractivity contribution is -0.137. The van der Waals surface area contributed by atoms with Crippen LogP contribution < -0.4 is 15.2 Å². The number of hydrogen-bond donors (Lipinski definition) is 1. The molecule has 136 valence electrons. The number of carbonyl (C=O) groups is 1. The minimum Gasteiger partial charge on any atom is -0.410 e. The molecule has 2 aromatic rings. The van der Waals surface area contributed by atoms with Crippen molar-refractivity contribution in [1.29, 1.82) is 0 Å². The predicted octanol–water partition coefficient (Wildman–Crippen LogP) is 4.14. The topological polar surface area (TPSA) is 79.2 Å². The third-order valence-electron chi connectivity index (χ3n) is 2.92. The zero-order chi connectivity index (χ0) is 19.2. The number of hydrazone groups is 2. The van der Waals surface area contributed by atoms with Gasteiger partial charge in [-0.3, -0.25) is 5.32 Å². The summed E-state index contributed by atoms with van der Waals surface area (Å²) in [6, 6.07) is 8.77. The SMILES string of the molecule is C=NN(/N=C\C)c1ncc(NC(=O)Oc2ccccc2)cc1C(F)(F)F. The minimum absolute atomic E-state index is 0.202. The van der Waals surface area contributed by atoms with Crippen LogP contribution in [0, 0.1) is 0 Å². The number of aromatic nitrogens is 1. The number of rotatable bonds is 5. The average Bonchev–Trinajstić information content (AvgIpc) is 2.60. The Morgan fingerprint density at radius 2 is 2.04 bits per heavy atom. The molecule has 1 aromatic heterocycles. The molecule has 0 aliphatic carbocycles. The van der Waals surface area contributed by atoms with Crippen LogP contribution in [0.15, 0.2) is 52.8 Å². The van der Waals surface area contributed by atoms with E-state index in [2.05, 4.69) is 27.2 Å². The molecule has 1 aromatic carbocycles. The summed E-state index contributed by atoms with van der Waals surface area (Å²) >= 11 is 0. The average molecular weight is 365 g/mol. The molecule has 0 saturated carbocycles. The minimum atomic E-state index is -4.75. The first-order valence-electron chi connectivity index (χ1n) is 7.21. The molecule has 26 heavy (non-hydrogen) atoms. The number of hydrogen-bond acceptors (Lipinski definition) is 6. The molecule has 0 radical (unpaired) electrons. The fourth-order valence-electron chi connectivity index (χ4n) is 1.90. The van der Waals surface area contributed by atoms with Crippen LogP contribution in [0.1, 0.15) is 12.5 Å². The van der Waals surface area contributed by atoms with E-state index >= 15 is 0 Å². The summed E-state index contributed by atoms with van der Waals surface area (Å²) < 4.78 is 44.9. The molecule has 1 amide bonds. The molecule has 0 unspecified atom stereocenters. The number of carbonyl (C=O) groups excluding carboxylic acids is 1. The summed E-state index contributed by atoms with van der Waals surface area (Å²) in [4.78, 5) is 15.5. The van der Waals surface area contributed by atoms with Gasteiger partial charge in [0.25, 0.3) is 0 Å². The molecule has 0 aliphatic heterocycles. The highest BCUT2D eigenvalue weighted by molar-refractivity contribution is 5.86. The van der Waals surface area contributed by atoms with Crippen molar-refractivity contribution in [3.8, 4) is 5.75 Å². The number of pyridine rings is 1. The van der Waals surface area contributed by atoms with E-state index < -0.39 is 23.7 Å². The lowest BCUT2D eigenvalue weighted by Crippen LogP contribution is -2.20. The molecule has 0 bridgehead atoms. The summed E-state index contributed by atoms with van der Waals surface area (Å²) in [5.41, 5.74) is -1.35. The van der Waals surface area contributed by atoms with E-state index in [1.165, 1.54) is 25.3 Å². The van der Waals surface area contributed by atoms with E-state index in [1.807, 2.05) is 0 Å². The molecule has 0 spiro atoms. The molecular formula is C16H14F3N5O2. The number of halogens is 3. The number of benzene rings is 1. The Morgan fingerprint density at radius 3 is 2.62 bits per heavy atom. The van der Waals surface area contributed by atoms with Gasteiger partial charge in [0.15, 0.2) is 5.82 Å². The molecule has 0 atom stereocenters. The lowest BCUT2D eigenvalue weighted by atomic mass is 10.2. The maximum atomic E-state index is 13.3. The lowest BCUT2D eigenvalue weighted by Gasteiger charge is -2.18. The van der Waals surface area contributed by atoms with Crippen LogP contribution in [-0.4, -0.2) is 24.0 Å². The van der Waals surface area contributed by atoms with Gasteiger partial charge in [0.1, 0.15) is 11.3 Å². The monoisotopic (exact) mass is 365 g/mol.